The molecule has 1 N–H and O–H groups in total. The zero-order chi connectivity index (χ0) is 22.3. The van der Waals surface area contributed by atoms with Gasteiger partial charge >= 0.3 is 0 Å². The van der Waals surface area contributed by atoms with E-state index in [2.05, 4.69) is 10.2 Å². The SMILES string of the molecule is CC[C@H](C(=O)NCCCN1CCOCC1)N(c1cc([N+](=O)[O-])ccc1C)S(C)(=O)=O. The molecule has 0 spiro atoms. The first kappa shape index (κ1) is 24.0. The fourth-order valence-electron chi connectivity index (χ4n) is 3.44. The highest BCUT2D eigenvalue weighted by Crippen LogP contribution is 2.30. The Balaban J connectivity index is 2.13. The predicted molar refractivity (Wildman–Crippen MR) is 114 cm³/mol. The van der Waals surface area contributed by atoms with Crippen molar-refractivity contribution >= 4 is 27.3 Å². The number of carbonyl (C=O) groups excluding carboxylic acids is 1. The van der Waals surface area contributed by atoms with Crippen molar-refractivity contribution in [3.05, 3.63) is 33.9 Å². The molecule has 0 unspecified atom stereocenters. The number of benzene rings is 1. The van der Waals surface area contributed by atoms with Crippen LogP contribution in [-0.4, -0.2) is 75.8 Å². The third-order valence-corrected chi connectivity index (χ3v) is 6.19. The lowest BCUT2D eigenvalue weighted by Gasteiger charge is -2.31. The number of nitro benzene ring substituents is 1. The predicted octanol–water partition coefficient (Wildman–Crippen LogP) is 1.29. The summed E-state index contributed by atoms with van der Waals surface area (Å²) in [5, 5.41) is 14.0. The molecule has 0 aromatic heterocycles. The molecule has 168 valence electrons. The van der Waals surface area contributed by atoms with Gasteiger partial charge in [0.25, 0.3) is 5.69 Å². The third kappa shape index (κ3) is 6.38. The summed E-state index contributed by atoms with van der Waals surface area (Å²) in [5.41, 5.74) is 0.441. The molecule has 1 aromatic carbocycles. The number of rotatable bonds is 10. The number of nitro groups is 1. The van der Waals surface area contributed by atoms with E-state index in [1.807, 2.05) is 0 Å². The first-order chi connectivity index (χ1) is 14.1. The molecule has 1 heterocycles. The molecule has 1 atom stereocenters. The van der Waals surface area contributed by atoms with Crippen molar-refractivity contribution in [1.29, 1.82) is 0 Å². The van der Waals surface area contributed by atoms with Crippen molar-refractivity contribution in [2.24, 2.45) is 0 Å². The van der Waals surface area contributed by atoms with Crippen LogP contribution in [0.2, 0.25) is 0 Å². The number of hydrogen-bond acceptors (Lipinski definition) is 7. The minimum absolute atomic E-state index is 0.141. The fraction of sp³-hybridized carbons (Fsp3) is 0.632. The Morgan fingerprint density at radius 2 is 2.03 bits per heavy atom. The molecule has 1 aliphatic heterocycles. The van der Waals surface area contributed by atoms with Crippen LogP contribution in [0.4, 0.5) is 11.4 Å². The minimum atomic E-state index is -3.86. The van der Waals surface area contributed by atoms with Crippen molar-refractivity contribution in [1.82, 2.24) is 10.2 Å². The molecule has 1 fully saturated rings. The second-order valence-corrected chi connectivity index (χ2v) is 9.17. The van der Waals surface area contributed by atoms with Gasteiger partial charge in [-0.3, -0.25) is 24.1 Å². The van der Waals surface area contributed by atoms with Crippen molar-refractivity contribution in [2.45, 2.75) is 32.7 Å². The molecule has 1 saturated heterocycles. The first-order valence-electron chi connectivity index (χ1n) is 9.97. The maximum atomic E-state index is 12.8. The van der Waals surface area contributed by atoms with Crippen LogP contribution in [0.3, 0.4) is 0 Å². The molecule has 0 bridgehead atoms. The second kappa shape index (κ2) is 10.7. The molecule has 30 heavy (non-hydrogen) atoms. The average molecular weight is 443 g/mol. The Morgan fingerprint density at radius 1 is 1.37 bits per heavy atom. The van der Waals surface area contributed by atoms with Crippen molar-refractivity contribution in [3.8, 4) is 0 Å². The molecule has 1 aliphatic rings. The number of ether oxygens (including phenoxy) is 1. The Morgan fingerprint density at radius 3 is 2.60 bits per heavy atom. The van der Waals surface area contributed by atoms with Crippen LogP contribution in [-0.2, 0) is 19.6 Å². The van der Waals surface area contributed by atoms with Gasteiger partial charge in [-0.2, -0.15) is 0 Å². The van der Waals surface area contributed by atoms with E-state index >= 15 is 0 Å². The molecule has 0 saturated carbocycles. The van der Waals surface area contributed by atoms with E-state index in [-0.39, 0.29) is 17.8 Å². The molecule has 11 heteroatoms. The summed E-state index contributed by atoms with van der Waals surface area (Å²) < 4.78 is 31.4. The summed E-state index contributed by atoms with van der Waals surface area (Å²) in [6.45, 7) is 7.73. The lowest BCUT2D eigenvalue weighted by atomic mass is 10.1. The van der Waals surface area contributed by atoms with Crippen molar-refractivity contribution in [3.63, 3.8) is 0 Å². The summed E-state index contributed by atoms with van der Waals surface area (Å²) in [7, 11) is -3.86. The fourth-order valence-corrected chi connectivity index (χ4v) is 4.70. The van der Waals surface area contributed by atoms with E-state index in [0.29, 0.717) is 25.3 Å². The third-order valence-electron chi connectivity index (χ3n) is 5.02. The molecule has 0 aliphatic carbocycles. The van der Waals surface area contributed by atoms with Gasteiger partial charge in [0.15, 0.2) is 0 Å². The summed E-state index contributed by atoms with van der Waals surface area (Å²) in [6, 6.07) is 3.00. The van der Waals surface area contributed by atoms with Crippen LogP contribution in [0, 0.1) is 17.0 Å². The Bertz CT molecular complexity index is 855. The van der Waals surface area contributed by atoms with Gasteiger partial charge < -0.3 is 10.1 Å². The lowest BCUT2D eigenvalue weighted by molar-refractivity contribution is -0.384. The molecule has 0 radical (unpaired) electrons. The maximum absolute atomic E-state index is 12.8. The van der Waals surface area contributed by atoms with E-state index in [4.69, 9.17) is 4.74 Å². The van der Waals surface area contributed by atoms with Crippen LogP contribution in [0.5, 0.6) is 0 Å². The lowest BCUT2D eigenvalue weighted by Crippen LogP contribution is -2.50. The normalized spacial score (nSPS) is 16.1. The van der Waals surface area contributed by atoms with Gasteiger partial charge in [-0.05, 0) is 31.9 Å². The maximum Gasteiger partial charge on any atom is 0.271 e. The number of carbonyl (C=O) groups is 1. The Labute approximate surface area is 177 Å². The zero-order valence-electron chi connectivity index (χ0n) is 17.7. The molecule has 1 aromatic rings. The number of nitrogens with zero attached hydrogens (tertiary/aromatic N) is 3. The van der Waals surface area contributed by atoms with E-state index in [1.54, 1.807) is 13.8 Å². The molecule has 1 amide bonds. The Kier molecular flexibility index (Phi) is 8.56. The van der Waals surface area contributed by atoms with Gasteiger partial charge in [-0.25, -0.2) is 8.42 Å². The summed E-state index contributed by atoms with van der Waals surface area (Å²) in [6.07, 6.45) is 1.96. The quantitative estimate of drug-likeness (QED) is 0.329. The average Bonchev–Trinajstić information content (AvgIpc) is 2.69. The smallest absolute Gasteiger partial charge is 0.271 e. The van der Waals surface area contributed by atoms with E-state index in [1.165, 1.54) is 18.2 Å². The van der Waals surface area contributed by atoms with E-state index in [0.717, 1.165) is 36.6 Å². The number of amides is 1. The largest absolute Gasteiger partial charge is 0.379 e. The van der Waals surface area contributed by atoms with Crippen LogP contribution in [0.1, 0.15) is 25.3 Å². The van der Waals surface area contributed by atoms with Gasteiger partial charge in [0.05, 0.1) is 30.1 Å². The number of aryl methyl sites for hydroxylation is 1. The number of anilines is 1. The van der Waals surface area contributed by atoms with Gasteiger partial charge in [-0.1, -0.05) is 13.0 Å². The monoisotopic (exact) mass is 442 g/mol. The van der Waals surface area contributed by atoms with Crippen molar-refractivity contribution in [2.75, 3.05) is 50.0 Å². The summed E-state index contributed by atoms with van der Waals surface area (Å²) >= 11 is 0. The number of non-ortho nitro benzene ring substituents is 1. The van der Waals surface area contributed by atoms with Crippen LogP contribution >= 0.6 is 0 Å². The molecular formula is C19H30N4O6S. The molecule has 10 nitrogen and oxygen atoms in total. The topological polar surface area (TPSA) is 122 Å². The summed E-state index contributed by atoms with van der Waals surface area (Å²) in [5.74, 6) is -0.421. The van der Waals surface area contributed by atoms with Gasteiger partial charge in [0, 0.05) is 31.8 Å². The number of nitrogens with one attached hydrogen (secondary N) is 1. The highest BCUT2D eigenvalue weighted by atomic mass is 32.2. The molecular weight excluding hydrogens is 412 g/mol. The van der Waals surface area contributed by atoms with Gasteiger partial charge in [0.2, 0.25) is 15.9 Å². The van der Waals surface area contributed by atoms with Crippen LogP contribution < -0.4 is 9.62 Å². The van der Waals surface area contributed by atoms with E-state index in [9.17, 15) is 23.3 Å². The van der Waals surface area contributed by atoms with Crippen LogP contribution in [0.15, 0.2) is 18.2 Å². The molecule has 2 rings (SSSR count). The van der Waals surface area contributed by atoms with Crippen LogP contribution in [0.25, 0.3) is 0 Å². The standard InChI is InChI=1S/C19H30N4O6S/c1-4-17(19(24)20-8-5-9-21-10-12-29-13-11-21)22(30(3,27)28)18-14-16(23(25)26)7-6-15(18)2/h6-7,14,17H,4-5,8-13H2,1-3H3,(H,20,24)/t17-/m1/s1. The first-order valence-corrected chi connectivity index (χ1v) is 11.8. The second-order valence-electron chi connectivity index (χ2n) is 7.31. The minimum Gasteiger partial charge on any atom is -0.379 e. The van der Waals surface area contributed by atoms with Crippen molar-refractivity contribution < 1.29 is 22.9 Å². The number of morpholine rings is 1. The number of hydrogen-bond donors (Lipinski definition) is 1. The summed E-state index contributed by atoms with van der Waals surface area (Å²) in [4.78, 5) is 25.7. The van der Waals surface area contributed by atoms with Gasteiger partial charge in [-0.15, -0.1) is 0 Å². The van der Waals surface area contributed by atoms with E-state index < -0.39 is 26.9 Å². The highest BCUT2D eigenvalue weighted by Gasteiger charge is 2.33. The number of sulfonamides is 1. The zero-order valence-corrected chi connectivity index (χ0v) is 18.5. The van der Waals surface area contributed by atoms with Gasteiger partial charge in [0.1, 0.15) is 6.04 Å². The Hall–Kier alpha value is -2.24. The highest BCUT2D eigenvalue weighted by molar-refractivity contribution is 7.92.